The van der Waals surface area contributed by atoms with Crippen LogP contribution in [-0.4, -0.2) is 33.7 Å². The molecule has 1 rings (SSSR count). The summed E-state index contributed by atoms with van der Waals surface area (Å²) in [5.74, 6) is 0.908. The molecule has 0 fully saturated rings. The summed E-state index contributed by atoms with van der Waals surface area (Å²) < 4.78 is 5.26. The summed E-state index contributed by atoms with van der Waals surface area (Å²) in [6.07, 6.45) is 0.880. The largest absolute Gasteiger partial charge is 0.496 e. The van der Waals surface area contributed by atoms with Gasteiger partial charge in [-0.1, -0.05) is 6.92 Å². The van der Waals surface area contributed by atoms with Crippen molar-refractivity contribution in [2.45, 2.75) is 13.3 Å². The summed E-state index contributed by atoms with van der Waals surface area (Å²) in [6.45, 7) is 2.40. The van der Waals surface area contributed by atoms with E-state index in [4.69, 9.17) is 4.74 Å². The van der Waals surface area contributed by atoms with Crippen molar-refractivity contribution in [3.05, 3.63) is 23.8 Å². The van der Waals surface area contributed by atoms with Gasteiger partial charge in [-0.15, -0.1) is 0 Å². The first-order chi connectivity index (χ1) is 8.13. The first kappa shape index (κ1) is 13.5. The molecule has 0 aliphatic heterocycles. The van der Waals surface area contributed by atoms with Crippen LogP contribution in [0.5, 0.6) is 5.75 Å². The average molecular weight is 236 g/mol. The van der Waals surface area contributed by atoms with Crippen LogP contribution in [0.15, 0.2) is 18.2 Å². The van der Waals surface area contributed by atoms with Gasteiger partial charge in [-0.2, -0.15) is 0 Å². The Bertz CT molecular complexity index is 391. The Balaban J connectivity index is 2.95. The molecule has 4 heteroatoms. The van der Waals surface area contributed by atoms with Crippen LogP contribution in [-0.2, 0) is 11.2 Å². The minimum atomic E-state index is 0.0414. The summed E-state index contributed by atoms with van der Waals surface area (Å²) >= 11 is 0. The summed E-state index contributed by atoms with van der Waals surface area (Å²) in [4.78, 5) is 13.4. The highest BCUT2D eigenvalue weighted by Gasteiger charge is 2.11. The van der Waals surface area contributed by atoms with Crippen LogP contribution < -0.4 is 15.0 Å². The van der Waals surface area contributed by atoms with Crippen molar-refractivity contribution in [3.8, 4) is 5.75 Å². The van der Waals surface area contributed by atoms with Crippen LogP contribution in [0.25, 0.3) is 0 Å². The highest BCUT2D eigenvalue weighted by molar-refractivity contribution is 5.94. The van der Waals surface area contributed by atoms with Crippen LogP contribution in [0.3, 0.4) is 0 Å². The Hall–Kier alpha value is -1.55. The Morgan fingerprint density at radius 3 is 2.71 bits per heavy atom. The van der Waals surface area contributed by atoms with E-state index in [2.05, 4.69) is 12.2 Å². The number of likely N-dealkylation sites (N-methyl/N-ethyl adjacent to an activating group) is 2. The average Bonchev–Trinajstić information content (AvgIpc) is 2.37. The second kappa shape index (κ2) is 6.25. The SMILES string of the molecule is CCc1cc(N(C)C(=O)CNC)ccc1OC. The van der Waals surface area contributed by atoms with E-state index < -0.39 is 0 Å². The van der Waals surface area contributed by atoms with Crippen LogP contribution in [0.1, 0.15) is 12.5 Å². The molecule has 0 aliphatic carbocycles. The minimum absolute atomic E-state index is 0.0414. The maximum absolute atomic E-state index is 11.7. The lowest BCUT2D eigenvalue weighted by molar-refractivity contribution is -0.117. The van der Waals surface area contributed by atoms with E-state index in [9.17, 15) is 4.79 Å². The predicted octanol–water partition coefficient (Wildman–Crippen LogP) is 1.44. The van der Waals surface area contributed by atoms with Crippen molar-refractivity contribution in [1.82, 2.24) is 5.32 Å². The van der Waals surface area contributed by atoms with Gasteiger partial charge in [0.1, 0.15) is 5.75 Å². The number of benzene rings is 1. The fourth-order valence-electron chi connectivity index (χ4n) is 1.66. The fraction of sp³-hybridized carbons (Fsp3) is 0.462. The Labute approximate surface area is 103 Å². The van der Waals surface area contributed by atoms with E-state index in [0.29, 0.717) is 6.54 Å². The number of carbonyl (C=O) groups is 1. The molecule has 0 atom stereocenters. The van der Waals surface area contributed by atoms with Crippen LogP contribution in [0.2, 0.25) is 0 Å². The lowest BCUT2D eigenvalue weighted by atomic mass is 10.1. The summed E-state index contributed by atoms with van der Waals surface area (Å²) in [7, 11) is 5.20. The van der Waals surface area contributed by atoms with Crippen molar-refractivity contribution in [2.75, 3.05) is 32.6 Å². The fourth-order valence-corrected chi connectivity index (χ4v) is 1.66. The molecule has 0 saturated heterocycles. The molecule has 1 aromatic carbocycles. The van der Waals surface area contributed by atoms with E-state index >= 15 is 0 Å². The normalized spacial score (nSPS) is 10.1. The highest BCUT2D eigenvalue weighted by Crippen LogP contribution is 2.24. The zero-order valence-corrected chi connectivity index (χ0v) is 10.9. The molecule has 0 radical (unpaired) electrons. The molecule has 0 bridgehead atoms. The van der Waals surface area contributed by atoms with E-state index in [1.807, 2.05) is 18.2 Å². The molecule has 1 N–H and O–H groups in total. The first-order valence-corrected chi connectivity index (χ1v) is 5.72. The standard InChI is InChI=1S/C13H20N2O2/c1-5-10-8-11(6-7-12(10)17-4)15(3)13(16)9-14-2/h6-8,14H,5,9H2,1-4H3. The monoisotopic (exact) mass is 236 g/mol. The van der Waals surface area contributed by atoms with Crippen molar-refractivity contribution in [3.63, 3.8) is 0 Å². The molecule has 0 spiro atoms. The molecule has 1 aromatic rings. The lowest BCUT2D eigenvalue weighted by Crippen LogP contribution is -2.34. The van der Waals surface area contributed by atoms with Gasteiger partial charge in [-0.05, 0) is 37.2 Å². The van der Waals surface area contributed by atoms with Gasteiger partial charge >= 0.3 is 0 Å². The number of hydrogen-bond donors (Lipinski definition) is 1. The molecule has 0 saturated carbocycles. The molecule has 1 amide bonds. The van der Waals surface area contributed by atoms with Gasteiger partial charge in [0.15, 0.2) is 0 Å². The van der Waals surface area contributed by atoms with E-state index in [1.165, 1.54) is 0 Å². The zero-order chi connectivity index (χ0) is 12.8. The third-order valence-electron chi connectivity index (χ3n) is 2.73. The summed E-state index contributed by atoms with van der Waals surface area (Å²) in [5.41, 5.74) is 2.00. The van der Waals surface area contributed by atoms with E-state index in [0.717, 1.165) is 23.4 Å². The number of rotatable bonds is 5. The van der Waals surface area contributed by atoms with Crippen LogP contribution in [0, 0.1) is 0 Å². The number of carbonyl (C=O) groups excluding carboxylic acids is 1. The van der Waals surface area contributed by atoms with Crippen LogP contribution in [0.4, 0.5) is 5.69 Å². The Morgan fingerprint density at radius 1 is 1.47 bits per heavy atom. The summed E-state index contributed by atoms with van der Waals surface area (Å²) in [5, 5.41) is 2.85. The third kappa shape index (κ3) is 3.20. The number of hydrogen-bond acceptors (Lipinski definition) is 3. The van der Waals surface area contributed by atoms with Crippen molar-refractivity contribution in [2.24, 2.45) is 0 Å². The number of amides is 1. The molecule has 0 unspecified atom stereocenters. The molecule has 0 aliphatic rings. The maximum atomic E-state index is 11.7. The topological polar surface area (TPSA) is 41.6 Å². The Kier molecular flexibility index (Phi) is 4.97. The first-order valence-electron chi connectivity index (χ1n) is 5.72. The van der Waals surface area contributed by atoms with Crippen molar-refractivity contribution < 1.29 is 9.53 Å². The van der Waals surface area contributed by atoms with Crippen molar-refractivity contribution in [1.29, 1.82) is 0 Å². The molecule has 0 aromatic heterocycles. The van der Waals surface area contributed by atoms with Gasteiger partial charge in [0.2, 0.25) is 5.91 Å². The number of ether oxygens (including phenoxy) is 1. The van der Waals surface area contributed by atoms with Gasteiger partial charge in [-0.3, -0.25) is 4.79 Å². The second-order valence-electron chi connectivity index (χ2n) is 3.83. The maximum Gasteiger partial charge on any atom is 0.240 e. The number of nitrogens with one attached hydrogen (secondary N) is 1. The third-order valence-corrected chi connectivity index (χ3v) is 2.73. The predicted molar refractivity (Wildman–Crippen MR) is 69.7 cm³/mol. The zero-order valence-electron chi connectivity index (χ0n) is 10.9. The molecule has 0 heterocycles. The van der Waals surface area contributed by atoms with Crippen LogP contribution >= 0.6 is 0 Å². The lowest BCUT2D eigenvalue weighted by Gasteiger charge is -2.19. The van der Waals surface area contributed by atoms with Crippen molar-refractivity contribution >= 4 is 11.6 Å². The van der Waals surface area contributed by atoms with Gasteiger partial charge in [-0.25, -0.2) is 0 Å². The highest BCUT2D eigenvalue weighted by atomic mass is 16.5. The van der Waals surface area contributed by atoms with Gasteiger partial charge in [0.25, 0.3) is 0 Å². The minimum Gasteiger partial charge on any atom is -0.496 e. The summed E-state index contributed by atoms with van der Waals surface area (Å²) in [6, 6.07) is 5.79. The Morgan fingerprint density at radius 2 is 2.18 bits per heavy atom. The molecule has 4 nitrogen and oxygen atoms in total. The quantitative estimate of drug-likeness (QED) is 0.841. The van der Waals surface area contributed by atoms with Gasteiger partial charge in [0, 0.05) is 12.7 Å². The molecule has 17 heavy (non-hydrogen) atoms. The molecular weight excluding hydrogens is 216 g/mol. The molecular formula is C13H20N2O2. The number of aryl methyl sites for hydroxylation is 1. The smallest absolute Gasteiger partial charge is 0.240 e. The van der Waals surface area contributed by atoms with E-state index in [-0.39, 0.29) is 5.91 Å². The second-order valence-corrected chi connectivity index (χ2v) is 3.83. The number of nitrogens with zero attached hydrogens (tertiary/aromatic N) is 1. The molecule has 94 valence electrons. The van der Waals surface area contributed by atoms with Gasteiger partial charge < -0.3 is 15.0 Å². The number of anilines is 1. The van der Waals surface area contributed by atoms with E-state index in [1.54, 1.807) is 26.1 Å². The number of methoxy groups -OCH3 is 1. The van der Waals surface area contributed by atoms with Gasteiger partial charge in [0.05, 0.1) is 13.7 Å².